The number of rotatable bonds is 4. The van der Waals surface area contributed by atoms with Crippen molar-refractivity contribution in [3.05, 3.63) is 0 Å². The number of nitrogens with zero attached hydrogens (tertiary/aromatic N) is 1. The number of ketones is 1. The summed E-state index contributed by atoms with van der Waals surface area (Å²) in [6.07, 6.45) is 1.11. The van der Waals surface area contributed by atoms with Crippen molar-refractivity contribution in [1.82, 2.24) is 4.90 Å². The fraction of sp³-hybridized carbons (Fsp3) is 0.933. The monoisotopic (exact) mass is 259 g/mol. The second-order valence-electron chi connectivity index (χ2n) is 4.65. The molecular formula is C15H33NO2. The largest absolute Gasteiger partial charge is 0.377 e. The van der Waals surface area contributed by atoms with Crippen molar-refractivity contribution in [1.29, 1.82) is 0 Å². The average molecular weight is 259 g/mol. The second-order valence-corrected chi connectivity index (χ2v) is 4.65. The smallest absolute Gasteiger partial charge is 0.146 e. The Balaban J connectivity index is 0. The Morgan fingerprint density at radius 1 is 1.28 bits per heavy atom. The van der Waals surface area contributed by atoms with Gasteiger partial charge in [0.25, 0.3) is 0 Å². The van der Waals surface area contributed by atoms with Crippen LogP contribution in [-0.2, 0) is 9.53 Å². The third-order valence-electron chi connectivity index (χ3n) is 2.64. The van der Waals surface area contributed by atoms with Crippen LogP contribution >= 0.6 is 0 Å². The standard InChI is InChI=1S/C11H21NO2.2C2H6/c1-8(2)7-14-10-5-11(9(3)13)12(4)6-10;2*1-2/h8,10-11H,5-7H2,1-4H3;2*1-2H3. The van der Waals surface area contributed by atoms with E-state index in [1.807, 2.05) is 34.7 Å². The van der Waals surface area contributed by atoms with Crippen LogP contribution in [0.5, 0.6) is 0 Å². The Hall–Kier alpha value is -0.410. The molecule has 3 heteroatoms. The van der Waals surface area contributed by atoms with Crippen LogP contribution in [0.4, 0.5) is 0 Å². The molecular weight excluding hydrogens is 226 g/mol. The molecule has 1 saturated heterocycles. The predicted octanol–water partition coefficient (Wildman–Crippen LogP) is 3.37. The molecule has 0 aromatic heterocycles. The third kappa shape index (κ3) is 7.83. The van der Waals surface area contributed by atoms with Crippen LogP contribution in [0.25, 0.3) is 0 Å². The van der Waals surface area contributed by atoms with Crippen LogP contribution in [0.1, 0.15) is 54.9 Å². The van der Waals surface area contributed by atoms with Gasteiger partial charge in [0, 0.05) is 13.2 Å². The molecule has 2 atom stereocenters. The Kier molecular flexibility index (Phi) is 12.9. The molecule has 3 nitrogen and oxygen atoms in total. The highest BCUT2D eigenvalue weighted by molar-refractivity contribution is 5.81. The Labute approximate surface area is 114 Å². The molecule has 18 heavy (non-hydrogen) atoms. The Morgan fingerprint density at radius 3 is 2.11 bits per heavy atom. The van der Waals surface area contributed by atoms with E-state index in [1.165, 1.54) is 0 Å². The van der Waals surface area contributed by atoms with Gasteiger partial charge in [-0.1, -0.05) is 41.5 Å². The maximum absolute atomic E-state index is 11.2. The van der Waals surface area contributed by atoms with Crippen molar-refractivity contribution < 1.29 is 9.53 Å². The fourth-order valence-corrected chi connectivity index (χ4v) is 1.88. The first-order chi connectivity index (χ1) is 8.50. The lowest BCUT2D eigenvalue weighted by molar-refractivity contribution is -0.120. The first kappa shape index (κ1) is 19.9. The molecule has 1 rings (SSSR count). The van der Waals surface area contributed by atoms with E-state index >= 15 is 0 Å². The predicted molar refractivity (Wildman–Crippen MR) is 79.0 cm³/mol. The summed E-state index contributed by atoms with van der Waals surface area (Å²) in [6, 6.07) is 0.0761. The highest BCUT2D eigenvalue weighted by Crippen LogP contribution is 2.19. The number of Topliss-reactive ketones (excluding diaryl/α,β-unsaturated/α-hetero) is 1. The minimum absolute atomic E-state index is 0.0761. The van der Waals surface area contributed by atoms with Gasteiger partial charge in [-0.3, -0.25) is 9.69 Å². The van der Waals surface area contributed by atoms with Gasteiger partial charge >= 0.3 is 0 Å². The molecule has 1 aliphatic rings. The molecule has 0 N–H and O–H groups in total. The van der Waals surface area contributed by atoms with Crippen LogP contribution in [0, 0.1) is 5.92 Å². The zero-order chi connectivity index (χ0) is 14.7. The molecule has 0 bridgehead atoms. The van der Waals surface area contributed by atoms with Crippen molar-refractivity contribution in [2.45, 2.75) is 67.0 Å². The molecule has 0 aromatic rings. The topological polar surface area (TPSA) is 29.5 Å². The zero-order valence-corrected chi connectivity index (χ0v) is 13.6. The first-order valence-electron chi connectivity index (χ1n) is 7.33. The maximum Gasteiger partial charge on any atom is 0.146 e. The average Bonchev–Trinajstić information content (AvgIpc) is 2.73. The van der Waals surface area contributed by atoms with Gasteiger partial charge in [0.1, 0.15) is 5.78 Å². The number of carbonyl (C=O) groups is 1. The van der Waals surface area contributed by atoms with Gasteiger partial charge in [0.15, 0.2) is 0 Å². The van der Waals surface area contributed by atoms with E-state index in [1.54, 1.807) is 6.92 Å². The molecule has 0 spiro atoms. The molecule has 0 aromatic carbocycles. The summed E-state index contributed by atoms with van der Waals surface area (Å²) in [6.45, 7) is 15.6. The van der Waals surface area contributed by atoms with E-state index in [0.717, 1.165) is 19.6 Å². The number of hydrogen-bond donors (Lipinski definition) is 0. The molecule has 0 radical (unpaired) electrons. The van der Waals surface area contributed by atoms with Crippen LogP contribution in [0.3, 0.4) is 0 Å². The summed E-state index contributed by atoms with van der Waals surface area (Å²) in [5.74, 6) is 0.819. The fourth-order valence-electron chi connectivity index (χ4n) is 1.88. The van der Waals surface area contributed by atoms with Gasteiger partial charge in [-0.15, -0.1) is 0 Å². The number of ether oxygens (including phenoxy) is 1. The zero-order valence-electron chi connectivity index (χ0n) is 13.6. The van der Waals surface area contributed by atoms with Crippen molar-refractivity contribution in [2.24, 2.45) is 5.92 Å². The van der Waals surface area contributed by atoms with Crippen LogP contribution in [-0.4, -0.2) is 43.0 Å². The van der Waals surface area contributed by atoms with Gasteiger partial charge < -0.3 is 4.74 Å². The molecule has 0 aliphatic carbocycles. The number of likely N-dealkylation sites (N-methyl/N-ethyl adjacent to an activating group) is 1. The molecule has 2 unspecified atom stereocenters. The summed E-state index contributed by atoms with van der Waals surface area (Å²) in [4.78, 5) is 13.3. The summed E-state index contributed by atoms with van der Waals surface area (Å²) in [5, 5.41) is 0. The van der Waals surface area contributed by atoms with Gasteiger partial charge in [-0.2, -0.15) is 0 Å². The Bertz CT molecular complexity index is 205. The lowest BCUT2D eigenvalue weighted by atomic mass is 10.1. The number of hydrogen-bond acceptors (Lipinski definition) is 3. The Morgan fingerprint density at radius 2 is 1.78 bits per heavy atom. The lowest BCUT2D eigenvalue weighted by Crippen LogP contribution is -2.31. The molecule has 110 valence electrons. The van der Waals surface area contributed by atoms with Crippen molar-refractivity contribution in [3.63, 3.8) is 0 Å². The van der Waals surface area contributed by atoms with Crippen LogP contribution in [0.15, 0.2) is 0 Å². The lowest BCUT2D eigenvalue weighted by Gasteiger charge is -2.14. The van der Waals surface area contributed by atoms with Gasteiger partial charge in [0.2, 0.25) is 0 Å². The van der Waals surface area contributed by atoms with Gasteiger partial charge in [-0.05, 0) is 26.3 Å². The molecule has 1 heterocycles. The highest BCUT2D eigenvalue weighted by atomic mass is 16.5. The summed E-state index contributed by atoms with van der Waals surface area (Å²) < 4.78 is 5.72. The van der Waals surface area contributed by atoms with E-state index in [0.29, 0.717) is 5.92 Å². The van der Waals surface area contributed by atoms with Crippen molar-refractivity contribution in [2.75, 3.05) is 20.2 Å². The van der Waals surface area contributed by atoms with Crippen molar-refractivity contribution >= 4 is 5.78 Å². The van der Waals surface area contributed by atoms with E-state index in [4.69, 9.17) is 4.74 Å². The summed E-state index contributed by atoms with van der Waals surface area (Å²) in [7, 11) is 1.99. The van der Waals surface area contributed by atoms with E-state index in [9.17, 15) is 4.79 Å². The molecule has 0 amide bonds. The number of likely N-dealkylation sites (tertiary alicyclic amines) is 1. The summed E-state index contributed by atoms with van der Waals surface area (Å²) >= 11 is 0. The third-order valence-corrected chi connectivity index (χ3v) is 2.64. The van der Waals surface area contributed by atoms with E-state index in [-0.39, 0.29) is 17.9 Å². The molecule has 0 saturated carbocycles. The summed E-state index contributed by atoms with van der Waals surface area (Å²) in [5.41, 5.74) is 0. The van der Waals surface area contributed by atoms with Gasteiger partial charge in [0.05, 0.1) is 12.1 Å². The number of carbonyl (C=O) groups excluding carboxylic acids is 1. The van der Waals surface area contributed by atoms with Crippen molar-refractivity contribution in [3.8, 4) is 0 Å². The first-order valence-corrected chi connectivity index (χ1v) is 7.33. The van der Waals surface area contributed by atoms with Gasteiger partial charge in [-0.25, -0.2) is 0 Å². The maximum atomic E-state index is 11.2. The quantitative estimate of drug-likeness (QED) is 0.775. The highest BCUT2D eigenvalue weighted by Gasteiger charge is 2.32. The van der Waals surface area contributed by atoms with E-state index in [2.05, 4.69) is 18.7 Å². The minimum Gasteiger partial charge on any atom is -0.377 e. The molecule has 1 fully saturated rings. The SMILES string of the molecule is CC.CC.CC(=O)C1CC(OCC(C)C)CN1C. The van der Waals surface area contributed by atoms with E-state index < -0.39 is 0 Å². The van der Waals surface area contributed by atoms with Crippen LogP contribution < -0.4 is 0 Å². The normalized spacial score (nSPS) is 22.9. The molecule has 1 aliphatic heterocycles. The second kappa shape index (κ2) is 11.7. The minimum atomic E-state index is 0.0761. The van der Waals surface area contributed by atoms with Crippen LogP contribution in [0.2, 0.25) is 0 Å².